The third kappa shape index (κ3) is 4.82. The fraction of sp³-hybridized carbons (Fsp3) is 0.321. The molecule has 5 N–H and O–H groups in total. The monoisotopic (exact) mass is 513 g/mol. The number of para-hydroxylation sites is 1. The van der Waals surface area contributed by atoms with E-state index in [0.29, 0.717) is 30.5 Å². The van der Waals surface area contributed by atoms with Gasteiger partial charge in [0, 0.05) is 66.7 Å². The van der Waals surface area contributed by atoms with Gasteiger partial charge < -0.3 is 35.7 Å². The van der Waals surface area contributed by atoms with Gasteiger partial charge in [0.25, 0.3) is 0 Å². The van der Waals surface area contributed by atoms with E-state index in [1.807, 2.05) is 42.6 Å². The van der Waals surface area contributed by atoms with Gasteiger partial charge in [0.05, 0.1) is 18.9 Å². The van der Waals surface area contributed by atoms with Crippen molar-refractivity contribution in [3.8, 4) is 5.75 Å². The van der Waals surface area contributed by atoms with Crippen molar-refractivity contribution >= 4 is 40.0 Å². The number of fused-ring (bicyclic) bond motifs is 2. The molecule has 196 valence electrons. The highest BCUT2D eigenvalue weighted by molar-refractivity contribution is 5.88. The number of hydrogen-bond acceptors (Lipinski definition) is 8. The van der Waals surface area contributed by atoms with Crippen molar-refractivity contribution < 1.29 is 14.6 Å². The van der Waals surface area contributed by atoms with E-state index in [9.17, 15) is 9.90 Å². The summed E-state index contributed by atoms with van der Waals surface area (Å²) in [6.45, 7) is 1.97. The zero-order valence-corrected chi connectivity index (χ0v) is 21.2. The second-order valence-electron chi connectivity index (χ2n) is 9.77. The van der Waals surface area contributed by atoms with Crippen LogP contribution in [0.4, 0.5) is 23.1 Å². The molecule has 0 spiro atoms. The summed E-state index contributed by atoms with van der Waals surface area (Å²) >= 11 is 0. The molecule has 1 atom stereocenters. The number of carbonyl (C=O) groups excluding carboxylic acids is 1. The Morgan fingerprint density at radius 3 is 2.87 bits per heavy atom. The number of ether oxygens (including phenoxy) is 1. The van der Waals surface area contributed by atoms with Crippen molar-refractivity contribution in [2.75, 3.05) is 35.7 Å². The third-order valence-electron chi connectivity index (χ3n) is 7.31. The zero-order valence-electron chi connectivity index (χ0n) is 21.2. The maximum absolute atomic E-state index is 12.9. The van der Waals surface area contributed by atoms with E-state index in [1.54, 1.807) is 13.3 Å². The van der Waals surface area contributed by atoms with Crippen molar-refractivity contribution in [3.63, 3.8) is 0 Å². The first kappa shape index (κ1) is 24.1. The number of piperidine rings is 1. The summed E-state index contributed by atoms with van der Waals surface area (Å²) in [5, 5.41) is 20.5. The SMILES string of the molecule is COc1cc(N2CCC(O)CC2)ccc1Nc1ncc2c(n1)NC(Cc1c[nH]c3ccccc13)C(=O)NC2. The highest BCUT2D eigenvalue weighted by Gasteiger charge is 2.26. The number of methoxy groups -OCH3 is 1. The Morgan fingerprint density at radius 1 is 1.18 bits per heavy atom. The number of rotatable bonds is 6. The largest absolute Gasteiger partial charge is 0.494 e. The van der Waals surface area contributed by atoms with Crippen LogP contribution in [0, 0.1) is 0 Å². The van der Waals surface area contributed by atoms with E-state index in [4.69, 9.17) is 9.72 Å². The number of anilines is 4. The van der Waals surface area contributed by atoms with Crippen LogP contribution in [-0.2, 0) is 17.8 Å². The standard InChI is InChI=1S/C28H31N7O3/c1-38-25-13-19(35-10-8-20(36)9-11-35)6-7-23(25)33-28-31-16-18-15-30-27(37)24(32-26(18)34-28)12-17-14-29-22-5-3-2-4-21(17)22/h2-7,13-14,16,20,24,29,36H,8-12,15H2,1H3,(H,30,37)(H2,31,32,33,34). The van der Waals surface area contributed by atoms with E-state index in [2.05, 4.69) is 36.9 Å². The van der Waals surface area contributed by atoms with Gasteiger partial charge in [0.1, 0.15) is 17.6 Å². The number of aliphatic hydroxyl groups excluding tert-OH is 1. The van der Waals surface area contributed by atoms with Gasteiger partial charge in [-0.1, -0.05) is 18.2 Å². The highest BCUT2D eigenvalue weighted by atomic mass is 16.5. The molecule has 1 saturated heterocycles. The molecule has 0 aliphatic carbocycles. The van der Waals surface area contributed by atoms with Crippen LogP contribution in [0.25, 0.3) is 10.9 Å². The van der Waals surface area contributed by atoms with Crippen LogP contribution in [-0.4, -0.2) is 58.3 Å². The number of aromatic nitrogens is 3. The number of carbonyl (C=O) groups is 1. The van der Waals surface area contributed by atoms with Crippen LogP contribution in [0.1, 0.15) is 24.0 Å². The molecule has 0 radical (unpaired) electrons. The van der Waals surface area contributed by atoms with Crippen LogP contribution in [0.3, 0.4) is 0 Å². The van der Waals surface area contributed by atoms with E-state index >= 15 is 0 Å². The minimum absolute atomic E-state index is 0.0784. The van der Waals surface area contributed by atoms with Crippen molar-refractivity contribution in [1.29, 1.82) is 0 Å². The fourth-order valence-corrected chi connectivity index (χ4v) is 5.15. The molecule has 2 aromatic carbocycles. The summed E-state index contributed by atoms with van der Waals surface area (Å²) in [6, 6.07) is 13.6. The highest BCUT2D eigenvalue weighted by Crippen LogP contribution is 2.33. The minimum Gasteiger partial charge on any atom is -0.494 e. The number of amides is 1. The lowest BCUT2D eigenvalue weighted by atomic mass is 10.0. The lowest BCUT2D eigenvalue weighted by molar-refractivity contribution is -0.121. The smallest absolute Gasteiger partial charge is 0.243 e. The Kier molecular flexibility index (Phi) is 6.47. The lowest BCUT2D eigenvalue weighted by Gasteiger charge is -2.31. The third-order valence-corrected chi connectivity index (χ3v) is 7.31. The molecule has 0 saturated carbocycles. The van der Waals surface area contributed by atoms with Gasteiger partial charge in [-0.2, -0.15) is 4.98 Å². The summed E-state index contributed by atoms with van der Waals surface area (Å²) in [4.78, 5) is 27.6. The summed E-state index contributed by atoms with van der Waals surface area (Å²) < 4.78 is 5.66. The summed E-state index contributed by atoms with van der Waals surface area (Å²) in [5.74, 6) is 1.62. The topological polar surface area (TPSA) is 127 Å². The Balaban J connectivity index is 1.21. The van der Waals surface area contributed by atoms with Crippen molar-refractivity contribution in [1.82, 2.24) is 20.3 Å². The summed E-state index contributed by atoms with van der Waals surface area (Å²) in [5.41, 5.74) is 4.72. The molecule has 6 rings (SSSR count). The maximum Gasteiger partial charge on any atom is 0.243 e. The van der Waals surface area contributed by atoms with Crippen LogP contribution in [0.15, 0.2) is 54.9 Å². The second-order valence-corrected chi connectivity index (χ2v) is 9.77. The summed E-state index contributed by atoms with van der Waals surface area (Å²) in [7, 11) is 1.64. The van der Waals surface area contributed by atoms with Crippen molar-refractivity contribution in [2.45, 2.75) is 38.0 Å². The Morgan fingerprint density at radius 2 is 2.03 bits per heavy atom. The molecule has 1 fully saturated rings. The van der Waals surface area contributed by atoms with Crippen molar-refractivity contribution in [3.05, 3.63) is 66.0 Å². The first-order valence-electron chi connectivity index (χ1n) is 12.9. The molecule has 0 bridgehead atoms. The van der Waals surface area contributed by atoms with Gasteiger partial charge in [-0.05, 0) is 36.6 Å². The molecule has 2 aromatic heterocycles. The molecule has 2 aliphatic heterocycles. The summed E-state index contributed by atoms with van der Waals surface area (Å²) in [6.07, 6.45) is 5.51. The number of nitrogens with zero attached hydrogens (tertiary/aromatic N) is 3. The molecule has 10 nitrogen and oxygen atoms in total. The van der Waals surface area contributed by atoms with Crippen molar-refractivity contribution in [2.24, 2.45) is 0 Å². The Labute approximate surface area is 220 Å². The van der Waals surface area contributed by atoms with E-state index < -0.39 is 6.04 Å². The van der Waals surface area contributed by atoms with Gasteiger partial charge >= 0.3 is 0 Å². The van der Waals surface area contributed by atoms with Crippen LogP contribution in [0.2, 0.25) is 0 Å². The molecule has 4 heterocycles. The minimum atomic E-state index is -0.477. The maximum atomic E-state index is 12.9. The predicted octanol–water partition coefficient (Wildman–Crippen LogP) is 3.32. The van der Waals surface area contributed by atoms with Gasteiger partial charge in [0.15, 0.2) is 0 Å². The van der Waals surface area contributed by atoms with Crippen LogP contribution >= 0.6 is 0 Å². The number of benzene rings is 2. The van der Waals surface area contributed by atoms with Crippen LogP contribution in [0.5, 0.6) is 5.75 Å². The van der Waals surface area contributed by atoms with E-state index in [0.717, 1.165) is 59.3 Å². The first-order chi connectivity index (χ1) is 18.6. The molecular weight excluding hydrogens is 482 g/mol. The number of aromatic amines is 1. The fourth-order valence-electron chi connectivity index (χ4n) is 5.15. The van der Waals surface area contributed by atoms with Gasteiger partial charge in [-0.25, -0.2) is 4.98 Å². The van der Waals surface area contributed by atoms with Gasteiger partial charge in [-0.15, -0.1) is 0 Å². The first-order valence-corrected chi connectivity index (χ1v) is 12.9. The Bertz CT molecular complexity index is 1460. The molecule has 1 unspecified atom stereocenters. The average molecular weight is 514 g/mol. The molecule has 38 heavy (non-hydrogen) atoms. The number of H-pyrrole nitrogens is 1. The van der Waals surface area contributed by atoms with E-state index in [1.165, 1.54) is 0 Å². The number of aliphatic hydroxyl groups is 1. The lowest BCUT2D eigenvalue weighted by Crippen LogP contribution is -2.38. The second kappa shape index (κ2) is 10.2. The molecule has 10 heteroatoms. The molecular formula is C28H31N7O3. The van der Waals surface area contributed by atoms with Gasteiger partial charge in [-0.3, -0.25) is 4.79 Å². The molecule has 1 amide bonds. The normalized spacial score (nSPS) is 17.9. The average Bonchev–Trinajstić information content (AvgIpc) is 3.28. The number of hydrogen-bond donors (Lipinski definition) is 5. The van der Waals surface area contributed by atoms with Gasteiger partial charge in [0.2, 0.25) is 11.9 Å². The zero-order chi connectivity index (χ0) is 26.1. The number of nitrogens with one attached hydrogen (secondary N) is 4. The van der Waals surface area contributed by atoms with E-state index in [-0.39, 0.29) is 12.0 Å². The van der Waals surface area contributed by atoms with Crippen LogP contribution < -0.4 is 25.6 Å². The Hall–Kier alpha value is -4.31. The predicted molar refractivity (Wildman–Crippen MR) is 147 cm³/mol. The molecule has 2 aliphatic rings. The quantitative estimate of drug-likeness (QED) is 0.266. The molecule has 4 aromatic rings.